The highest BCUT2D eigenvalue weighted by molar-refractivity contribution is 6.05. The SMILES string of the molecule is NC(=O)C(NC(=O)CC1=CCCCC1)C(N)=O. The minimum Gasteiger partial charge on any atom is -0.367 e. The number of carbonyl (C=O) groups excluding carboxylic acids is 3. The van der Waals surface area contributed by atoms with Crippen LogP contribution in [0.1, 0.15) is 32.1 Å². The molecule has 1 aliphatic carbocycles. The van der Waals surface area contributed by atoms with Crippen LogP contribution in [0.4, 0.5) is 0 Å². The quantitative estimate of drug-likeness (QED) is 0.436. The fourth-order valence-electron chi connectivity index (χ4n) is 1.77. The number of carbonyl (C=O) groups is 3. The molecule has 0 saturated carbocycles. The van der Waals surface area contributed by atoms with Gasteiger partial charge in [-0.05, 0) is 25.7 Å². The third-order valence-electron chi connectivity index (χ3n) is 2.65. The van der Waals surface area contributed by atoms with Crippen LogP contribution in [0, 0.1) is 0 Å². The van der Waals surface area contributed by atoms with Crippen molar-refractivity contribution in [2.75, 3.05) is 0 Å². The smallest absolute Gasteiger partial charge is 0.249 e. The van der Waals surface area contributed by atoms with Gasteiger partial charge in [0.15, 0.2) is 6.04 Å². The van der Waals surface area contributed by atoms with E-state index in [9.17, 15) is 14.4 Å². The highest BCUT2D eigenvalue weighted by Crippen LogP contribution is 2.19. The zero-order chi connectivity index (χ0) is 12.8. The van der Waals surface area contributed by atoms with E-state index in [4.69, 9.17) is 11.5 Å². The molecule has 6 heteroatoms. The molecule has 0 radical (unpaired) electrons. The molecule has 0 saturated heterocycles. The molecule has 0 atom stereocenters. The molecule has 0 bridgehead atoms. The fourth-order valence-corrected chi connectivity index (χ4v) is 1.77. The van der Waals surface area contributed by atoms with E-state index in [0.29, 0.717) is 0 Å². The minimum atomic E-state index is -1.42. The van der Waals surface area contributed by atoms with Crippen LogP contribution in [0.2, 0.25) is 0 Å². The Balaban J connectivity index is 2.50. The standard InChI is InChI=1S/C11H17N3O3/c12-10(16)9(11(13)17)14-8(15)6-7-4-2-1-3-5-7/h4,9H,1-3,5-6H2,(H2,12,16)(H2,13,17)(H,14,15). The third kappa shape index (κ3) is 4.26. The molecule has 1 rings (SSSR count). The van der Waals surface area contributed by atoms with Gasteiger partial charge in [0.25, 0.3) is 0 Å². The predicted molar refractivity (Wildman–Crippen MR) is 61.5 cm³/mol. The normalized spacial score (nSPS) is 15.2. The Morgan fingerprint density at radius 3 is 2.35 bits per heavy atom. The highest BCUT2D eigenvalue weighted by atomic mass is 16.2. The highest BCUT2D eigenvalue weighted by Gasteiger charge is 2.24. The Kier molecular flexibility index (Phi) is 4.68. The van der Waals surface area contributed by atoms with Crippen molar-refractivity contribution < 1.29 is 14.4 Å². The second kappa shape index (κ2) is 6.03. The Hall–Kier alpha value is -1.85. The second-order valence-electron chi connectivity index (χ2n) is 4.09. The maximum absolute atomic E-state index is 11.6. The molecule has 0 aromatic rings. The zero-order valence-electron chi connectivity index (χ0n) is 9.57. The van der Waals surface area contributed by atoms with Crippen LogP contribution in [0.25, 0.3) is 0 Å². The number of amides is 3. The van der Waals surface area contributed by atoms with Crippen molar-refractivity contribution in [1.29, 1.82) is 0 Å². The maximum atomic E-state index is 11.6. The summed E-state index contributed by atoms with van der Waals surface area (Å²) in [6.07, 6.45) is 6.26. The molecule has 5 N–H and O–H groups in total. The summed E-state index contributed by atoms with van der Waals surface area (Å²) in [4.78, 5) is 33.3. The average Bonchev–Trinajstić information content (AvgIpc) is 2.26. The summed E-state index contributed by atoms with van der Waals surface area (Å²) < 4.78 is 0. The van der Waals surface area contributed by atoms with Gasteiger partial charge in [-0.15, -0.1) is 0 Å². The third-order valence-corrected chi connectivity index (χ3v) is 2.65. The first-order valence-corrected chi connectivity index (χ1v) is 5.56. The van der Waals surface area contributed by atoms with Gasteiger partial charge in [0.05, 0.1) is 0 Å². The number of hydrogen-bond acceptors (Lipinski definition) is 3. The van der Waals surface area contributed by atoms with Crippen molar-refractivity contribution in [2.24, 2.45) is 11.5 Å². The molecule has 6 nitrogen and oxygen atoms in total. The summed E-state index contributed by atoms with van der Waals surface area (Å²) in [7, 11) is 0. The number of hydrogen-bond donors (Lipinski definition) is 3. The first-order valence-electron chi connectivity index (χ1n) is 5.56. The van der Waals surface area contributed by atoms with Crippen LogP contribution >= 0.6 is 0 Å². The molecule has 94 valence electrons. The number of nitrogens with one attached hydrogen (secondary N) is 1. The topological polar surface area (TPSA) is 115 Å². The van der Waals surface area contributed by atoms with Gasteiger partial charge in [-0.1, -0.05) is 11.6 Å². The maximum Gasteiger partial charge on any atom is 0.249 e. The Labute approximate surface area is 99.4 Å². The predicted octanol–water partition coefficient (Wildman–Crippen LogP) is -0.668. The van der Waals surface area contributed by atoms with Crippen LogP contribution in [-0.4, -0.2) is 23.8 Å². The number of rotatable bonds is 5. The summed E-state index contributed by atoms with van der Waals surface area (Å²) in [5, 5.41) is 2.23. The summed E-state index contributed by atoms with van der Waals surface area (Å²) in [6.45, 7) is 0. The van der Waals surface area contributed by atoms with Gasteiger partial charge in [0.2, 0.25) is 17.7 Å². The molecule has 0 spiro atoms. The summed E-state index contributed by atoms with van der Waals surface area (Å²) in [6, 6.07) is -1.42. The molecule has 0 fully saturated rings. The second-order valence-corrected chi connectivity index (χ2v) is 4.09. The van der Waals surface area contributed by atoms with E-state index in [2.05, 4.69) is 5.32 Å². The summed E-state index contributed by atoms with van der Waals surface area (Å²) in [5.74, 6) is -2.28. The molecular weight excluding hydrogens is 222 g/mol. The van der Waals surface area contributed by atoms with Crippen molar-refractivity contribution in [3.8, 4) is 0 Å². The first-order chi connectivity index (χ1) is 8.00. The Morgan fingerprint density at radius 2 is 1.88 bits per heavy atom. The van der Waals surface area contributed by atoms with Gasteiger partial charge < -0.3 is 16.8 Å². The van der Waals surface area contributed by atoms with Crippen LogP contribution < -0.4 is 16.8 Å². The molecule has 0 aromatic heterocycles. The van der Waals surface area contributed by atoms with Gasteiger partial charge in [-0.3, -0.25) is 14.4 Å². The molecule has 0 unspecified atom stereocenters. The van der Waals surface area contributed by atoms with Crippen molar-refractivity contribution in [3.05, 3.63) is 11.6 Å². The minimum absolute atomic E-state index is 0.192. The molecule has 0 aliphatic heterocycles. The van der Waals surface area contributed by atoms with E-state index >= 15 is 0 Å². The van der Waals surface area contributed by atoms with E-state index in [1.165, 1.54) is 0 Å². The van der Waals surface area contributed by atoms with Crippen molar-refractivity contribution in [3.63, 3.8) is 0 Å². The lowest BCUT2D eigenvalue weighted by molar-refractivity contribution is -0.133. The van der Waals surface area contributed by atoms with Crippen LogP contribution in [0.3, 0.4) is 0 Å². The van der Waals surface area contributed by atoms with Crippen molar-refractivity contribution >= 4 is 17.7 Å². The molecule has 1 aliphatic rings. The number of primary amides is 2. The molecule has 0 heterocycles. The molecule has 0 aromatic carbocycles. The van der Waals surface area contributed by atoms with E-state index in [1.54, 1.807) is 0 Å². The zero-order valence-corrected chi connectivity index (χ0v) is 9.57. The van der Waals surface area contributed by atoms with Crippen LogP contribution in [0.15, 0.2) is 11.6 Å². The van der Waals surface area contributed by atoms with Crippen molar-refractivity contribution in [1.82, 2.24) is 5.32 Å². The van der Waals surface area contributed by atoms with E-state index < -0.39 is 23.8 Å². The summed E-state index contributed by atoms with van der Waals surface area (Å²) >= 11 is 0. The molecule has 17 heavy (non-hydrogen) atoms. The average molecular weight is 239 g/mol. The fraction of sp³-hybridized carbons (Fsp3) is 0.545. The lowest BCUT2D eigenvalue weighted by Gasteiger charge is -2.15. The lowest BCUT2D eigenvalue weighted by atomic mass is 9.97. The van der Waals surface area contributed by atoms with Crippen LogP contribution in [0.5, 0.6) is 0 Å². The van der Waals surface area contributed by atoms with Gasteiger partial charge >= 0.3 is 0 Å². The van der Waals surface area contributed by atoms with Gasteiger partial charge in [0, 0.05) is 6.42 Å². The van der Waals surface area contributed by atoms with Crippen LogP contribution in [-0.2, 0) is 14.4 Å². The number of allylic oxidation sites excluding steroid dienone is 1. The van der Waals surface area contributed by atoms with Gasteiger partial charge in [-0.2, -0.15) is 0 Å². The van der Waals surface area contributed by atoms with E-state index in [1.807, 2.05) is 6.08 Å². The molecular formula is C11H17N3O3. The Morgan fingerprint density at radius 1 is 1.24 bits per heavy atom. The Bertz CT molecular complexity index is 349. The monoisotopic (exact) mass is 239 g/mol. The molecule has 3 amide bonds. The summed E-state index contributed by atoms with van der Waals surface area (Å²) in [5.41, 5.74) is 10.9. The van der Waals surface area contributed by atoms with Gasteiger partial charge in [-0.25, -0.2) is 0 Å². The van der Waals surface area contributed by atoms with E-state index in [0.717, 1.165) is 31.3 Å². The largest absolute Gasteiger partial charge is 0.367 e. The van der Waals surface area contributed by atoms with Gasteiger partial charge in [0.1, 0.15) is 0 Å². The van der Waals surface area contributed by atoms with E-state index in [-0.39, 0.29) is 6.42 Å². The lowest BCUT2D eigenvalue weighted by Crippen LogP contribution is -2.52. The number of nitrogens with two attached hydrogens (primary N) is 2. The van der Waals surface area contributed by atoms with Crippen molar-refractivity contribution in [2.45, 2.75) is 38.1 Å². The first kappa shape index (κ1) is 13.2.